The summed E-state index contributed by atoms with van der Waals surface area (Å²) in [6.07, 6.45) is 1.57. The molecule has 5 aromatic rings. The van der Waals surface area contributed by atoms with Gasteiger partial charge in [-0.3, -0.25) is 14.2 Å². The molecule has 1 N–H and O–H groups in total. The highest BCUT2D eigenvalue weighted by Crippen LogP contribution is 2.35. The van der Waals surface area contributed by atoms with Gasteiger partial charge >= 0.3 is 0 Å². The first kappa shape index (κ1) is 21.7. The number of aromatic nitrogens is 2. The molecule has 0 fully saturated rings. The molecule has 1 unspecified atom stereocenters. The maximum Gasteiger partial charge on any atom is 0.262 e. The Bertz CT molecular complexity index is 1470. The average molecular weight is 468 g/mol. The van der Waals surface area contributed by atoms with Crippen molar-refractivity contribution in [1.82, 2.24) is 9.55 Å². The summed E-state index contributed by atoms with van der Waals surface area (Å²) in [7, 11) is 0. The number of carbonyl (C=O) groups excluding carboxylic acids is 1. The number of benzene rings is 3. The molecule has 0 radical (unpaired) electrons. The van der Waals surface area contributed by atoms with Crippen LogP contribution in [-0.4, -0.2) is 15.5 Å². The number of amides is 1. The monoisotopic (exact) mass is 467 g/mol. The number of hydrogen-bond acceptors (Lipinski definition) is 5. The van der Waals surface area contributed by atoms with Crippen molar-refractivity contribution in [2.24, 2.45) is 0 Å². The molecule has 0 saturated heterocycles. The fourth-order valence-electron chi connectivity index (χ4n) is 3.67. The number of thioether (sulfide) groups is 1. The highest BCUT2D eigenvalue weighted by Gasteiger charge is 2.25. The number of anilines is 1. The Hall–Kier alpha value is -4.10. The molecule has 0 saturated carbocycles. The third-order valence-electron chi connectivity index (χ3n) is 5.33. The van der Waals surface area contributed by atoms with Crippen LogP contribution in [0.4, 0.5) is 5.69 Å². The summed E-state index contributed by atoms with van der Waals surface area (Å²) in [6, 6.07) is 29.6. The van der Waals surface area contributed by atoms with Gasteiger partial charge in [0.05, 0.1) is 23.7 Å². The minimum absolute atomic E-state index is 0.181. The fraction of sp³-hybridized carbons (Fsp3) is 0.0741. The molecule has 2 aromatic heterocycles. The Morgan fingerprint density at radius 2 is 1.62 bits per heavy atom. The Morgan fingerprint density at radius 1 is 0.912 bits per heavy atom. The van der Waals surface area contributed by atoms with E-state index in [4.69, 9.17) is 9.40 Å². The molecule has 168 valence electrons. The summed E-state index contributed by atoms with van der Waals surface area (Å²) in [5.41, 5.74) is 1.92. The summed E-state index contributed by atoms with van der Waals surface area (Å²) in [4.78, 5) is 31.6. The van der Waals surface area contributed by atoms with Crippen molar-refractivity contribution in [3.8, 4) is 0 Å². The molecule has 34 heavy (non-hydrogen) atoms. The lowest BCUT2D eigenvalue weighted by Crippen LogP contribution is -2.25. The van der Waals surface area contributed by atoms with Gasteiger partial charge in [-0.05, 0) is 42.0 Å². The number of carbonyl (C=O) groups is 1. The van der Waals surface area contributed by atoms with Gasteiger partial charge < -0.3 is 9.73 Å². The summed E-state index contributed by atoms with van der Waals surface area (Å²) >= 11 is 1.24. The van der Waals surface area contributed by atoms with Crippen LogP contribution in [0.3, 0.4) is 0 Å². The predicted molar refractivity (Wildman–Crippen MR) is 134 cm³/mol. The Labute approximate surface area is 200 Å². The third-order valence-corrected chi connectivity index (χ3v) is 6.57. The van der Waals surface area contributed by atoms with Crippen molar-refractivity contribution in [2.75, 3.05) is 5.32 Å². The van der Waals surface area contributed by atoms with Crippen molar-refractivity contribution in [3.63, 3.8) is 0 Å². The van der Waals surface area contributed by atoms with E-state index in [1.165, 1.54) is 11.8 Å². The van der Waals surface area contributed by atoms with Crippen molar-refractivity contribution in [2.45, 2.75) is 17.0 Å². The molecule has 1 amide bonds. The highest BCUT2D eigenvalue weighted by atomic mass is 32.2. The van der Waals surface area contributed by atoms with Crippen molar-refractivity contribution >= 4 is 34.3 Å². The molecule has 5 rings (SSSR count). The zero-order chi connectivity index (χ0) is 23.3. The van der Waals surface area contributed by atoms with E-state index >= 15 is 0 Å². The Balaban J connectivity index is 1.58. The molecule has 2 heterocycles. The third kappa shape index (κ3) is 4.65. The molecular weight excluding hydrogens is 446 g/mol. The lowest BCUT2D eigenvalue weighted by molar-refractivity contribution is -0.115. The predicted octanol–water partition coefficient (Wildman–Crippen LogP) is 5.51. The number of fused-ring (bicyclic) bond motifs is 1. The number of para-hydroxylation sites is 2. The summed E-state index contributed by atoms with van der Waals surface area (Å²) in [5.74, 6) is 0.431. The van der Waals surface area contributed by atoms with Gasteiger partial charge in [-0.15, -0.1) is 0 Å². The second-order valence-corrected chi connectivity index (χ2v) is 8.72. The molecule has 3 aromatic carbocycles. The van der Waals surface area contributed by atoms with Gasteiger partial charge in [0, 0.05) is 5.69 Å². The zero-order valence-electron chi connectivity index (χ0n) is 18.1. The number of hydrogen-bond donors (Lipinski definition) is 1. The van der Waals surface area contributed by atoms with Crippen LogP contribution in [0.25, 0.3) is 10.9 Å². The van der Waals surface area contributed by atoms with Crippen LogP contribution in [0, 0.1) is 0 Å². The minimum atomic E-state index is -0.627. The van der Waals surface area contributed by atoms with E-state index in [1.54, 1.807) is 29.0 Å². The molecule has 0 spiro atoms. The van der Waals surface area contributed by atoms with Crippen LogP contribution in [-0.2, 0) is 11.3 Å². The van der Waals surface area contributed by atoms with Gasteiger partial charge in [-0.2, -0.15) is 0 Å². The van der Waals surface area contributed by atoms with E-state index in [2.05, 4.69) is 5.32 Å². The zero-order valence-corrected chi connectivity index (χ0v) is 18.9. The van der Waals surface area contributed by atoms with E-state index in [0.29, 0.717) is 27.5 Å². The second kappa shape index (κ2) is 9.80. The molecule has 1 atom stereocenters. The number of rotatable bonds is 7. The quantitative estimate of drug-likeness (QED) is 0.252. The SMILES string of the molecule is O=C(Nc1ccccc1)C(Sc1nc2ccccc2c(=O)n1Cc1ccco1)c1ccccc1. The second-order valence-electron chi connectivity index (χ2n) is 7.65. The number of nitrogens with zero attached hydrogens (tertiary/aromatic N) is 2. The van der Waals surface area contributed by atoms with Gasteiger partial charge in [0.2, 0.25) is 5.91 Å². The van der Waals surface area contributed by atoms with Crippen molar-refractivity contribution in [1.29, 1.82) is 0 Å². The first-order chi connectivity index (χ1) is 16.7. The Morgan fingerprint density at radius 3 is 2.35 bits per heavy atom. The van der Waals surface area contributed by atoms with E-state index in [9.17, 15) is 9.59 Å². The standard InChI is InChI=1S/C27H21N3O3S/c31-25(28-20-12-5-2-6-13-20)24(19-10-3-1-4-11-19)34-27-29-23-16-8-7-15-22(23)26(32)30(27)18-21-14-9-17-33-21/h1-17,24H,18H2,(H,28,31). The summed E-state index contributed by atoms with van der Waals surface area (Å²) in [6.45, 7) is 0.216. The number of furan rings is 1. The largest absolute Gasteiger partial charge is 0.467 e. The maximum atomic E-state index is 13.4. The molecule has 0 aliphatic rings. The number of nitrogens with one attached hydrogen (secondary N) is 1. The molecule has 0 bridgehead atoms. The smallest absolute Gasteiger partial charge is 0.262 e. The lowest BCUT2D eigenvalue weighted by atomic mass is 10.1. The van der Waals surface area contributed by atoms with Crippen molar-refractivity contribution < 1.29 is 9.21 Å². The summed E-state index contributed by atoms with van der Waals surface area (Å²) in [5, 5.41) is 3.32. The first-order valence-corrected chi connectivity index (χ1v) is 11.7. The lowest BCUT2D eigenvalue weighted by Gasteiger charge is -2.19. The van der Waals surface area contributed by atoms with Crippen LogP contribution in [0.15, 0.2) is 118 Å². The van der Waals surface area contributed by atoms with Crippen LogP contribution in [0.5, 0.6) is 0 Å². The molecule has 0 aliphatic carbocycles. The Kier molecular flexibility index (Phi) is 6.27. The van der Waals surface area contributed by atoms with Gasteiger partial charge in [-0.25, -0.2) is 4.98 Å². The van der Waals surface area contributed by atoms with Crippen molar-refractivity contribution in [3.05, 3.63) is 125 Å². The molecule has 0 aliphatic heterocycles. The van der Waals surface area contributed by atoms with E-state index < -0.39 is 5.25 Å². The fourth-order valence-corrected chi connectivity index (χ4v) is 4.77. The summed E-state index contributed by atoms with van der Waals surface area (Å²) < 4.78 is 7.07. The normalized spacial score (nSPS) is 11.9. The van der Waals surface area contributed by atoms with Crippen LogP contribution in [0.1, 0.15) is 16.6 Å². The molecule has 7 heteroatoms. The minimum Gasteiger partial charge on any atom is -0.467 e. The van der Waals surface area contributed by atoms with Crippen LogP contribution >= 0.6 is 11.8 Å². The van der Waals surface area contributed by atoms with Gasteiger partial charge in [0.15, 0.2) is 5.16 Å². The van der Waals surface area contributed by atoms with Gasteiger partial charge in [0.25, 0.3) is 5.56 Å². The first-order valence-electron chi connectivity index (χ1n) is 10.8. The van der Waals surface area contributed by atoms with Crippen LogP contribution in [0.2, 0.25) is 0 Å². The molecule has 6 nitrogen and oxygen atoms in total. The maximum absolute atomic E-state index is 13.4. The van der Waals surface area contributed by atoms with E-state index in [0.717, 1.165) is 5.56 Å². The topological polar surface area (TPSA) is 77.1 Å². The van der Waals surface area contributed by atoms with E-state index in [-0.39, 0.29) is 18.0 Å². The van der Waals surface area contributed by atoms with Crippen LogP contribution < -0.4 is 10.9 Å². The van der Waals surface area contributed by atoms with Gasteiger partial charge in [-0.1, -0.05) is 72.4 Å². The average Bonchev–Trinajstić information content (AvgIpc) is 3.39. The van der Waals surface area contributed by atoms with Gasteiger partial charge in [0.1, 0.15) is 11.0 Å². The van der Waals surface area contributed by atoms with E-state index in [1.807, 2.05) is 78.9 Å². The highest BCUT2D eigenvalue weighted by molar-refractivity contribution is 8.00. The molecular formula is C27H21N3O3S.